The van der Waals surface area contributed by atoms with Gasteiger partial charge in [0.25, 0.3) is 5.91 Å². The molecule has 0 saturated heterocycles. The first kappa shape index (κ1) is 18.9. The molecule has 2 amide bonds. The van der Waals surface area contributed by atoms with E-state index in [1.54, 1.807) is 24.3 Å². The van der Waals surface area contributed by atoms with Crippen molar-refractivity contribution in [3.05, 3.63) is 65.2 Å². The van der Waals surface area contributed by atoms with Crippen LogP contribution < -0.4 is 5.14 Å². The third-order valence-electron chi connectivity index (χ3n) is 4.45. The molecule has 0 fully saturated rings. The molecule has 8 nitrogen and oxygen atoms in total. The van der Waals surface area contributed by atoms with Gasteiger partial charge in [-0.05, 0) is 42.2 Å². The van der Waals surface area contributed by atoms with Crippen LogP contribution in [0.3, 0.4) is 0 Å². The van der Waals surface area contributed by atoms with Crippen molar-refractivity contribution < 1.29 is 23.1 Å². The molecule has 0 saturated carbocycles. The number of rotatable bonds is 5. The average molecular weight is 389 g/mol. The van der Waals surface area contributed by atoms with Gasteiger partial charge in [-0.15, -0.1) is 0 Å². The molecule has 2 aromatic carbocycles. The highest BCUT2D eigenvalue weighted by atomic mass is 32.2. The van der Waals surface area contributed by atoms with Gasteiger partial charge in [0.2, 0.25) is 10.0 Å². The van der Waals surface area contributed by atoms with Crippen LogP contribution in [0.15, 0.2) is 53.4 Å². The molecule has 9 heteroatoms. The summed E-state index contributed by atoms with van der Waals surface area (Å²) in [5, 5.41) is 16.9. The number of carbonyl (C=O) groups is 2. The van der Waals surface area contributed by atoms with Crippen molar-refractivity contribution >= 4 is 22.0 Å². The minimum atomic E-state index is -3.77. The maximum absolute atomic E-state index is 12.7. The molecular weight excluding hydrogens is 370 g/mol. The highest BCUT2D eigenvalue weighted by molar-refractivity contribution is 7.89. The lowest BCUT2D eigenvalue weighted by Gasteiger charge is -2.36. The van der Waals surface area contributed by atoms with Crippen LogP contribution in [0.5, 0.6) is 0 Å². The van der Waals surface area contributed by atoms with Gasteiger partial charge in [0, 0.05) is 12.1 Å². The second-order valence-corrected chi connectivity index (χ2v) is 7.74. The fourth-order valence-corrected chi connectivity index (χ4v) is 3.56. The largest absolute Gasteiger partial charge is 0.464 e. The number of amides is 2. The van der Waals surface area contributed by atoms with E-state index < -0.39 is 16.1 Å². The number of hydrogen-bond donors (Lipinski definition) is 2. The fourth-order valence-electron chi connectivity index (χ4n) is 3.04. The van der Waals surface area contributed by atoms with Crippen molar-refractivity contribution in [2.75, 3.05) is 13.1 Å². The summed E-state index contributed by atoms with van der Waals surface area (Å²) >= 11 is 0. The monoisotopic (exact) mass is 389 g/mol. The van der Waals surface area contributed by atoms with Crippen LogP contribution in [0, 0.1) is 0 Å². The molecule has 2 aromatic rings. The fraction of sp³-hybridized carbons (Fsp3) is 0.222. The molecule has 27 heavy (non-hydrogen) atoms. The number of benzene rings is 2. The van der Waals surface area contributed by atoms with Crippen LogP contribution in [-0.4, -0.2) is 48.6 Å². The number of nitrogens with two attached hydrogens (primary N) is 1. The second kappa shape index (κ2) is 7.37. The van der Waals surface area contributed by atoms with Crippen LogP contribution in [0.25, 0.3) is 0 Å². The maximum Gasteiger partial charge on any atom is 0.426 e. The van der Waals surface area contributed by atoms with Crippen molar-refractivity contribution in [2.45, 2.75) is 17.7 Å². The van der Waals surface area contributed by atoms with Gasteiger partial charge in [0.1, 0.15) is 0 Å². The summed E-state index contributed by atoms with van der Waals surface area (Å²) in [6.07, 6.45) is -0.318. The summed E-state index contributed by atoms with van der Waals surface area (Å²) in [5.74, 6) is -0.344. The summed E-state index contributed by atoms with van der Waals surface area (Å²) in [7, 11) is -3.77. The molecule has 0 atom stereocenters. The summed E-state index contributed by atoms with van der Waals surface area (Å²) < 4.78 is 22.6. The SMILES string of the molecule is NS(=O)(=O)c1ccc(CCN(C(=O)O)N2CCc3ccccc3C2=O)cc1. The first-order valence-electron chi connectivity index (χ1n) is 8.29. The minimum absolute atomic E-state index is 0.0100. The molecule has 0 aliphatic carbocycles. The van der Waals surface area contributed by atoms with Gasteiger partial charge in [-0.25, -0.2) is 28.4 Å². The van der Waals surface area contributed by atoms with E-state index in [-0.39, 0.29) is 23.9 Å². The van der Waals surface area contributed by atoms with E-state index in [2.05, 4.69) is 0 Å². The van der Waals surface area contributed by atoms with E-state index in [1.165, 1.54) is 17.1 Å². The smallest absolute Gasteiger partial charge is 0.426 e. The molecule has 0 aromatic heterocycles. The quantitative estimate of drug-likeness (QED) is 0.802. The predicted octanol–water partition coefficient (Wildman–Crippen LogP) is 1.47. The van der Waals surface area contributed by atoms with Gasteiger partial charge in [-0.1, -0.05) is 30.3 Å². The van der Waals surface area contributed by atoms with E-state index in [4.69, 9.17) is 5.14 Å². The number of hydrogen-bond acceptors (Lipinski definition) is 4. The van der Waals surface area contributed by atoms with Gasteiger partial charge in [-0.2, -0.15) is 0 Å². The number of carboxylic acid groups (broad SMARTS) is 1. The Hall–Kier alpha value is -2.91. The van der Waals surface area contributed by atoms with Crippen molar-refractivity contribution in [2.24, 2.45) is 5.14 Å². The van der Waals surface area contributed by atoms with Crippen LogP contribution in [-0.2, 0) is 22.9 Å². The average Bonchev–Trinajstić information content (AvgIpc) is 2.63. The summed E-state index contributed by atoms with van der Waals surface area (Å²) in [4.78, 5) is 24.4. The number of sulfonamides is 1. The number of hydrazine groups is 1. The molecular formula is C18H19N3O5S. The molecule has 1 aliphatic rings. The van der Waals surface area contributed by atoms with E-state index >= 15 is 0 Å². The zero-order valence-corrected chi connectivity index (χ0v) is 15.2. The molecule has 3 N–H and O–H groups in total. The minimum Gasteiger partial charge on any atom is -0.464 e. The highest BCUT2D eigenvalue weighted by Crippen LogP contribution is 2.20. The van der Waals surface area contributed by atoms with Crippen LogP contribution in [0.1, 0.15) is 21.5 Å². The van der Waals surface area contributed by atoms with E-state index in [0.29, 0.717) is 18.4 Å². The number of carbonyl (C=O) groups excluding carboxylic acids is 1. The standard InChI is InChI=1S/C18H19N3O5S/c19-27(25,26)15-7-5-13(6-8-15)9-11-21(18(23)24)20-12-10-14-3-1-2-4-16(14)17(20)22/h1-8H,9-12H2,(H,23,24)(H2,19,25,26). The molecule has 1 heterocycles. The summed E-state index contributed by atoms with van der Waals surface area (Å²) in [6.45, 7) is 0.352. The van der Waals surface area contributed by atoms with Crippen LogP contribution in [0.2, 0.25) is 0 Å². The zero-order chi connectivity index (χ0) is 19.6. The Morgan fingerprint density at radius 3 is 2.44 bits per heavy atom. The van der Waals surface area contributed by atoms with Crippen molar-refractivity contribution in [3.63, 3.8) is 0 Å². The first-order chi connectivity index (χ1) is 12.8. The predicted molar refractivity (Wildman–Crippen MR) is 97.4 cm³/mol. The summed E-state index contributed by atoms with van der Waals surface area (Å²) in [6, 6.07) is 13.1. The topological polar surface area (TPSA) is 121 Å². The van der Waals surface area contributed by atoms with Crippen LogP contribution >= 0.6 is 0 Å². The number of fused-ring (bicyclic) bond motifs is 1. The third kappa shape index (κ3) is 4.09. The zero-order valence-electron chi connectivity index (χ0n) is 14.4. The van der Waals surface area contributed by atoms with Gasteiger partial charge in [-0.3, -0.25) is 4.79 Å². The van der Waals surface area contributed by atoms with Crippen molar-refractivity contribution in [1.82, 2.24) is 10.0 Å². The van der Waals surface area contributed by atoms with Gasteiger partial charge in [0.05, 0.1) is 11.4 Å². The third-order valence-corrected chi connectivity index (χ3v) is 5.38. The first-order valence-corrected chi connectivity index (χ1v) is 9.84. The molecule has 1 aliphatic heterocycles. The van der Waals surface area contributed by atoms with Crippen molar-refractivity contribution in [1.29, 1.82) is 0 Å². The van der Waals surface area contributed by atoms with Gasteiger partial charge >= 0.3 is 6.09 Å². The molecule has 0 spiro atoms. The lowest BCUT2D eigenvalue weighted by Crippen LogP contribution is -2.52. The Morgan fingerprint density at radius 1 is 1.15 bits per heavy atom. The Kier molecular flexibility index (Phi) is 5.15. The number of primary sulfonamides is 1. The Balaban J connectivity index is 1.74. The number of nitrogens with zero attached hydrogens (tertiary/aromatic N) is 2. The molecule has 3 rings (SSSR count). The second-order valence-electron chi connectivity index (χ2n) is 6.18. The lowest BCUT2D eigenvalue weighted by atomic mass is 10.0. The summed E-state index contributed by atoms with van der Waals surface area (Å²) in [5.41, 5.74) is 2.15. The molecule has 0 radical (unpaired) electrons. The lowest BCUT2D eigenvalue weighted by molar-refractivity contribution is -0.00326. The normalized spacial score (nSPS) is 14.0. The Labute approximate surface area is 156 Å². The van der Waals surface area contributed by atoms with Gasteiger partial charge in [0.15, 0.2) is 0 Å². The van der Waals surface area contributed by atoms with Crippen LogP contribution in [0.4, 0.5) is 4.79 Å². The Morgan fingerprint density at radius 2 is 1.81 bits per heavy atom. The van der Waals surface area contributed by atoms with E-state index in [9.17, 15) is 23.1 Å². The maximum atomic E-state index is 12.7. The van der Waals surface area contributed by atoms with E-state index in [0.717, 1.165) is 16.1 Å². The molecule has 0 bridgehead atoms. The highest BCUT2D eigenvalue weighted by Gasteiger charge is 2.31. The van der Waals surface area contributed by atoms with E-state index in [1.807, 2.05) is 12.1 Å². The molecule has 142 valence electrons. The Bertz CT molecular complexity index is 973. The van der Waals surface area contributed by atoms with Gasteiger partial charge < -0.3 is 5.11 Å². The molecule has 0 unspecified atom stereocenters. The van der Waals surface area contributed by atoms with Crippen molar-refractivity contribution in [3.8, 4) is 0 Å².